The van der Waals surface area contributed by atoms with Crippen LogP contribution in [0.2, 0.25) is 0 Å². The second-order valence-corrected chi connectivity index (χ2v) is 4.66. The Labute approximate surface area is 107 Å². The Bertz CT molecular complexity index is 576. The summed E-state index contributed by atoms with van der Waals surface area (Å²) in [5.41, 5.74) is 2.80. The highest BCUT2D eigenvalue weighted by Crippen LogP contribution is 2.30. The molecule has 0 saturated heterocycles. The Balaban J connectivity index is 1.98. The van der Waals surface area contributed by atoms with Gasteiger partial charge in [-0.3, -0.25) is 4.79 Å². The monoisotopic (exact) mass is 291 g/mol. The van der Waals surface area contributed by atoms with Crippen molar-refractivity contribution in [2.24, 2.45) is 0 Å². The lowest BCUT2D eigenvalue weighted by Gasteiger charge is -2.16. The smallest absolute Gasteiger partial charge is 0.262 e. The normalized spacial score (nSPS) is 13.8. The summed E-state index contributed by atoms with van der Waals surface area (Å²) in [5.74, 6) is -0.0180. The second kappa shape index (κ2) is 4.04. The molecule has 3 nitrogen and oxygen atoms in total. The van der Waals surface area contributed by atoms with Gasteiger partial charge in [0.05, 0.1) is 11.8 Å². The molecular weight excluding hydrogens is 282 g/mol. The molecule has 0 fully saturated rings. The number of halogens is 1. The third kappa shape index (κ3) is 1.69. The van der Waals surface area contributed by atoms with Gasteiger partial charge in [-0.2, -0.15) is 0 Å². The van der Waals surface area contributed by atoms with Crippen LogP contribution in [-0.2, 0) is 6.42 Å². The number of furan rings is 1. The molecule has 0 bridgehead atoms. The van der Waals surface area contributed by atoms with Crippen LogP contribution in [0.15, 0.2) is 45.7 Å². The summed E-state index contributed by atoms with van der Waals surface area (Å²) in [6, 6.07) is 9.68. The largest absolute Gasteiger partial charge is 0.457 e. The standard InChI is InChI=1S/C13H10BrNO2/c14-12-10(6-8-17-12)13(16)15-7-5-9-3-1-2-4-11(9)15/h1-4,6,8H,5,7H2. The first kappa shape index (κ1) is 10.6. The maximum atomic E-state index is 12.3. The van der Waals surface area contributed by atoms with E-state index in [4.69, 9.17) is 4.42 Å². The van der Waals surface area contributed by atoms with Crippen LogP contribution in [0.5, 0.6) is 0 Å². The Morgan fingerprint density at radius 2 is 2.12 bits per heavy atom. The Morgan fingerprint density at radius 1 is 1.29 bits per heavy atom. The number of nitrogens with zero attached hydrogens (tertiary/aromatic N) is 1. The number of hydrogen-bond acceptors (Lipinski definition) is 2. The molecule has 2 aromatic rings. The number of para-hydroxylation sites is 1. The van der Waals surface area contributed by atoms with Crippen molar-refractivity contribution in [1.82, 2.24) is 0 Å². The van der Waals surface area contributed by atoms with Crippen LogP contribution in [0.4, 0.5) is 5.69 Å². The highest BCUT2D eigenvalue weighted by atomic mass is 79.9. The third-order valence-corrected chi connectivity index (χ3v) is 3.59. The molecular formula is C13H10BrNO2. The molecule has 17 heavy (non-hydrogen) atoms. The third-order valence-electron chi connectivity index (χ3n) is 2.98. The molecule has 0 unspecified atom stereocenters. The van der Waals surface area contributed by atoms with Crippen LogP contribution >= 0.6 is 15.9 Å². The highest BCUT2D eigenvalue weighted by Gasteiger charge is 2.27. The summed E-state index contributed by atoms with van der Waals surface area (Å²) in [4.78, 5) is 14.1. The highest BCUT2D eigenvalue weighted by molar-refractivity contribution is 9.10. The fraction of sp³-hybridized carbons (Fsp3) is 0.154. The van der Waals surface area contributed by atoms with E-state index in [1.165, 1.54) is 11.8 Å². The van der Waals surface area contributed by atoms with Crippen LogP contribution in [-0.4, -0.2) is 12.5 Å². The quantitative estimate of drug-likeness (QED) is 0.808. The number of rotatable bonds is 1. The second-order valence-electron chi connectivity index (χ2n) is 3.94. The zero-order valence-corrected chi connectivity index (χ0v) is 10.6. The van der Waals surface area contributed by atoms with Crippen molar-refractivity contribution >= 4 is 27.5 Å². The van der Waals surface area contributed by atoms with Crippen molar-refractivity contribution in [2.75, 3.05) is 11.4 Å². The van der Waals surface area contributed by atoms with Crippen LogP contribution in [0, 0.1) is 0 Å². The first-order chi connectivity index (χ1) is 8.27. The molecule has 4 heteroatoms. The predicted octanol–water partition coefficient (Wildman–Crippen LogP) is 3.25. The molecule has 0 radical (unpaired) electrons. The molecule has 0 spiro atoms. The molecule has 86 valence electrons. The number of fused-ring (bicyclic) bond motifs is 1. The minimum Gasteiger partial charge on any atom is -0.457 e. The van der Waals surface area contributed by atoms with E-state index in [-0.39, 0.29) is 5.91 Å². The fourth-order valence-electron chi connectivity index (χ4n) is 2.14. The fourth-order valence-corrected chi connectivity index (χ4v) is 2.55. The van der Waals surface area contributed by atoms with Gasteiger partial charge in [0, 0.05) is 12.2 Å². The zero-order chi connectivity index (χ0) is 11.8. The predicted molar refractivity (Wildman–Crippen MR) is 68.2 cm³/mol. The number of carbonyl (C=O) groups is 1. The van der Waals surface area contributed by atoms with E-state index in [1.807, 2.05) is 18.2 Å². The topological polar surface area (TPSA) is 33.5 Å². The summed E-state index contributed by atoms with van der Waals surface area (Å²) in [5, 5.41) is 0. The van der Waals surface area contributed by atoms with Gasteiger partial charge < -0.3 is 9.32 Å². The van der Waals surface area contributed by atoms with Crippen molar-refractivity contribution in [3.05, 3.63) is 52.4 Å². The Hall–Kier alpha value is -1.55. The lowest BCUT2D eigenvalue weighted by atomic mass is 10.2. The van der Waals surface area contributed by atoms with Gasteiger partial charge in [-0.1, -0.05) is 18.2 Å². The number of carbonyl (C=O) groups excluding carboxylic acids is 1. The molecule has 3 rings (SSSR count). The van der Waals surface area contributed by atoms with Gasteiger partial charge >= 0.3 is 0 Å². The van der Waals surface area contributed by atoms with Crippen molar-refractivity contribution in [2.45, 2.75) is 6.42 Å². The zero-order valence-electron chi connectivity index (χ0n) is 9.02. The number of hydrogen-bond donors (Lipinski definition) is 0. The maximum absolute atomic E-state index is 12.3. The number of benzene rings is 1. The summed E-state index contributed by atoms with van der Waals surface area (Å²) >= 11 is 3.24. The lowest BCUT2D eigenvalue weighted by Crippen LogP contribution is -2.28. The van der Waals surface area contributed by atoms with Crippen molar-refractivity contribution < 1.29 is 9.21 Å². The average molecular weight is 292 g/mol. The maximum Gasteiger partial charge on any atom is 0.262 e. The SMILES string of the molecule is O=C(c1ccoc1Br)N1CCc2ccccc21. The molecule has 1 aromatic carbocycles. The Kier molecular flexibility index (Phi) is 2.52. The van der Waals surface area contributed by atoms with Gasteiger partial charge in [0.2, 0.25) is 0 Å². The molecule has 0 saturated carbocycles. The van der Waals surface area contributed by atoms with Crippen molar-refractivity contribution in [3.8, 4) is 0 Å². The van der Waals surface area contributed by atoms with E-state index >= 15 is 0 Å². The summed E-state index contributed by atoms with van der Waals surface area (Å²) < 4.78 is 5.59. The van der Waals surface area contributed by atoms with Gasteiger partial charge in [0.1, 0.15) is 0 Å². The van der Waals surface area contributed by atoms with Crippen LogP contribution in [0.25, 0.3) is 0 Å². The van der Waals surface area contributed by atoms with Crippen LogP contribution in [0.1, 0.15) is 15.9 Å². The minimum atomic E-state index is -0.0180. The summed E-state index contributed by atoms with van der Waals surface area (Å²) in [7, 11) is 0. The van der Waals surface area contributed by atoms with Gasteiger partial charge in [-0.25, -0.2) is 0 Å². The lowest BCUT2D eigenvalue weighted by molar-refractivity contribution is 0.0987. The summed E-state index contributed by atoms with van der Waals surface area (Å²) in [6.45, 7) is 0.732. The van der Waals surface area contributed by atoms with Gasteiger partial charge in [0.15, 0.2) is 4.67 Å². The van der Waals surface area contributed by atoms with Gasteiger partial charge in [0.25, 0.3) is 5.91 Å². The van der Waals surface area contributed by atoms with Crippen LogP contribution < -0.4 is 4.90 Å². The van der Waals surface area contributed by atoms with Crippen molar-refractivity contribution in [3.63, 3.8) is 0 Å². The van der Waals surface area contributed by atoms with Crippen LogP contribution in [0.3, 0.4) is 0 Å². The molecule has 1 amide bonds. The van der Waals surface area contributed by atoms with E-state index in [9.17, 15) is 4.79 Å². The molecule has 1 aliphatic rings. The summed E-state index contributed by atoms with van der Waals surface area (Å²) in [6.07, 6.45) is 2.43. The van der Waals surface area contributed by atoms with E-state index < -0.39 is 0 Å². The van der Waals surface area contributed by atoms with Gasteiger partial charge in [-0.15, -0.1) is 0 Å². The average Bonchev–Trinajstić information content (AvgIpc) is 2.94. The molecule has 1 aliphatic heterocycles. The molecule has 0 N–H and O–H groups in total. The molecule has 0 atom stereocenters. The number of amides is 1. The molecule has 0 aliphatic carbocycles. The van der Waals surface area contributed by atoms with E-state index in [0.717, 1.165) is 18.7 Å². The van der Waals surface area contributed by atoms with Gasteiger partial charge in [-0.05, 0) is 40.0 Å². The molecule has 1 aromatic heterocycles. The Morgan fingerprint density at radius 3 is 2.88 bits per heavy atom. The molecule has 2 heterocycles. The van der Waals surface area contributed by atoms with E-state index in [0.29, 0.717) is 10.2 Å². The first-order valence-electron chi connectivity index (χ1n) is 5.40. The number of anilines is 1. The van der Waals surface area contributed by atoms with E-state index in [1.54, 1.807) is 11.0 Å². The van der Waals surface area contributed by atoms with Crippen molar-refractivity contribution in [1.29, 1.82) is 0 Å². The first-order valence-corrected chi connectivity index (χ1v) is 6.19. The van der Waals surface area contributed by atoms with E-state index in [2.05, 4.69) is 22.0 Å². The minimum absolute atomic E-state index is 0.0180.